The number of benzene rings is 1. The molecule has 0 aromatic heterocycles. The van der Waals surface area contributed by atoms with E-state index in [4.69, 9.17) is 21.1 Å². The quantitative estimate of drug-likeness (QED) is 0.575. The smallest absolute Gasteiger partial charge is 0.308 e. The zero-order chi connectivity index (χ0) is 11.4. The third kappa shape index (κ3) is 3.25. The summed E-state index contributed by atoms with van der Waals surface area (Å²) in [4.78, 5) is 21.4. The molecular weight excluding hydrogens is 220 g/mol. The van der Waals surface area contributed by atoms with E-state index in [1.807, 2.05) is 0 Å². The molecule has 0 aliphatic heterocycles. The van der Waals surface area contributed by atoms with Crippen molar-refractivity contribution >= 4 is 23.5 Å². The summed E-state index contributed by atoms with van der Waals surface area (Å²) in [5, 5.41) is 0.0999. The van der Waals surface area contributed by atoms with Crippen molar-refractivity contribution < 1.29 is 19.1 Å². The first kappa shape index (κ1) is 11.5. The molecule has 1 aromatic carbocycles. The van der Waals surface area contributed by atoms with E-state index in [1.165, 1.54) is 26.0 Å². The molecular formula is C10H9ClO4. The average molecular weight is 229 g/mol. The van der Waals surface area contributed by atoms with Crippen LogP contribution in [-0.2, 0) is 9.59 Å². The molecule has 1 rings (SSSR count). The molecule has 5 heteroatoms. The molecule has 0 bridgehead atoms. The highest BCUT2D eigenvalue weighted by Gasteiger charge is 2.11. The molecule has 1 aromatic rings. The summed E-state index contributed by atoms with van der Waals surface area (Å²) in [6.45, 7) is 2.52. The highest BCUT2D eigenvalue weighted by molar-refractivity contribution is 6.33. The number of halogens is 1. The topological polar surface area (TPSA) is 52.6 Å². The highest BCUT2D eigenvalue weighted by Crippen LogP contribution is 2.33. The summed E-state index contributed by atoms with van der Waals surface area (Å²) in [6.07, 6.45) is 0. The normalized spacial score (nSPS) is 9.53. The third-order valence-electron chi connectivity index (χ3n) is 1.44. The first-order chi connectivity index (χ1) is 7.00. The van der Waals surface area contributed by atoms with Gasteiger partial charge in [-0.15, -0.1) is 0 Å². The zero-order valence-corrected chi connectivity index (χ0v) is 9.00. The van der Waals surface area contributed by atoms with Crippen molar-refractivity contribution in [3.63, 3.8) is 0 Å². The van der Waals surface area contributed by atoms with Gasteiger partial charge in [-0.25, -0.2) is 0 Å². The summed E-state index contributed by atoms with van der Waals surface area (Å²) in [5.41, 5.74) is 0. The predicted octanol–water partition coefficient (Wildman–Crippen LogP) is 2.19. The zero-order valence-electron chi connectivity index (χ0n) is 8.24. The second-order valence-corrected chi connectivity index (χ2v) is 3.13. The van der Waals surface area contributed by atoms with Gasteiger partial charge in [-0.3, -0.25) is 9.59 Å². The predicted molar refractivity (Wildman–Crippen MR) is 54.1 cm³/mol. The van der Waals surface area contributed by atoms with E-state index in [9.17, 15) is 9.59 Å². The van der Waals surface area contributed by atoms with Gasteiger partial charge in [0.1, 0.15) is 5.02 Å². The Hall–Kier alpha value is -1.55. The minimum atomic E-state index is -0.489. The van der Waals surface area contributed by atoms with Crippen molar-refractivity contribution in [1.82, 2.24) is 0 Å². The Morgan fingerprint density at radius 2 is 1.47 bits per heavy atom. The fourth-order valence-electron chi connectivity index (χ4n) is 0.958. The van der Waals surface area contributed by atoms with E-state index in [0.717, 1.165) is 0 Å². The van der Waals surface area contributed by atoms with Gasteiger partial charge in [0.2, 0.25) is 0 Å². The Morgan fingerprint density at radius 3 is 1.80 bits per heavy atom. The van der Waals surface area contributed by atoms with Gasteiger partial charge < -0.3 is 9.47 Å². The first-order valence-electron chi connectivity index (χ1n) is 4.16. The van der Waals surface area contributed by atoms with E-state index in [1.54, 1.807) is 6.07 Å². The van der Waals surface area contributed by atoms with Crippen LogP contribution in [0.15, 0.2) is 18.2 Å². The van der Waals surface area contributed by atoms with Crippen molar-refractivity contribution in [3.8, 4) is 11.5 Å². The van der Waals surface area contributed by atoms with Crippen LogP contribution >= 0.6 is 11.6 Å². The van der Waals surface area contributed by atoms with Crippen LogP contribution in [0.3, 0.4) is 0 Å². The van der Waals surface area contributed by atoms with E-state index in [2.05, 4.69) is 0 Å². The number of carbonyl (C=O) groups is 2. The fraction of sp³-hybridized carbons (Fsp3) is 0.200. The lowest BCUT2D eigenvalue weighted by Crippen LogP contribution is -2.05. The van der Waals surface area contributed by atoms with Gasteiger partial charge in [-0.2, -0.15) is 0 Å². The molecule has 0 fully saturated rings. The molecule has 0 aliphatic carbocycles. The van der Waals surface area contributed by atoms with Crippen LogP contribution in [0.25, 0.3) is 0 Å². The standard InChI is InChI=1S/C10H9ClO4/c1-6(12)14-8-4-3-5-9(10(8)11)15-7(2)13/h3-5H,1-2H3. The second kappa shape index (κ2) is 4.79. The summed E-state index contributed by atoms with van der Waals surface area (Å²) in [5.74, 6) is -0.639. The minimum Gasteiger partial charge on any atom is -0.425 e. The van der Waals surface area contributed by atoms with Gasteiger partial charge in [0.05, 0.1) is 0 Å². The maximum absolute atomic E-state index is 10.7. The number of rotatable bonds is 2. The molecule has 0 N–H and O–H groups in total. The molecule has 0 atom stereocenters. The van der Waals surface area contributed by atoms with E-state index < -0.39 is 11.9 Å². The molecule has 0 saturated heterocycles. The summed E-state index contributed by atoms with van der Waals surface area (Å²) >= 11 is 5.84. The Morgan fingerprint density at radius 1 is 1.07 bits per heavy atom. The third-order valence-corrected chi connectivity index (χ3v) is 1.81. The Balaban J connectivity index is 2.99. The maximum atomic E-state index is 10.7. The Kier molecular flexibility index (Phi) is 3.68. The summed E-state index contributed by atoms with van der Waals surface area (Å²) in [6, 6.07) is 4.59. The SMILES string of the molecule is CC(=O)Oc1cccc(OC(C)=O)c1Cl. The Labute approximate surface area is 91.7 Å². The lowest BCUT2D eigenvalue weighted by atomic mass is 10.3. The van der Waals surface area contributed by atoms with Gasteiger partial charge in [0, 0.05) is 13.8 Å². The van der Waals surface area contributed by atoms with Gasteiger partial charge in [-0.1, -0.05) is 17.7 Å². The molecule has 80 valence electrons. The average Bonchev–Trinajstić information content (AvgIpc) is 2.10. The van der Waals surface area contributed by atoms with Crippen LogP contribution in [0.4, 0.5) is 0 Å². The lowest BCUT2D eigenvalue weighted by molar-refractivity contribution is -0.132. The largest absolute Gasteiger partial charge is 0.425 e. The molecule has 0 saturated carbocycles. The van der Waals surface area contributed by atoms with Crippen molar-refractivity contribution in [2.45, 2.75) is 13.8 Å². The molecule has 15 heavy (non-hydrogen) atoms. The van der Waals surface area contributed by atoms with Crippen LogP contribution in [0, 0.1) is 0 Å². The lowest BCUT2D eigenvalue weighted by Gasteiger charge is -2.07. The second-order valence-electron chi connectivity index (χ2n) is 2.76. The maximum Gasteiger partial charge on any atom is 0.308 e. The van der Waals surface area contributed by atoms with E-state index >= 15 is 0 Å². The van der Waals surface area contributed by atoms with Crippen molar-refractivity contribution in [1.29, 1.82) is 0 Å². The van der Waals surface area contributed by atoms with Crippen LogP contribution in [0.5, 0.6) is 11.5 Å². The molecule has 0 radical (unpaired) electrons. The van der Waals surface area contributed by atoms with E-state index in [0.29, 0.717) is 0 Å². The monoisotopic (exact) mass is 228 g/mol. The molecule has 0 unspecified atom stereocenters. The van der Waals surface area contributed by atoms with Crippen molar-refractivity contribution in [2.75, 3.05) is 0 Å². The number of hydrogen-bond donors (Lipinski definition) is 0. The highest BCUT2D eigenvalue weighted by atomic mass is 35.5. The number of ether oxygens (including phenoxy) is 2. The van der Waals surface area contributed by atoms with Crippen LogP contribution in [0.2, 0.25) is 5.02 Å². The van der Waals surface area contributed by atoms with Crippen molar-refractivity contribution in [2.24, 2.45) is 0 Å². The fourth-order valence-corrected chi connectivity index (χ4v) is 1.16. The molecule has 0 aliphatic rings. The van der Waals surface area contributed by atoms with Crippen molar-refractivity contribution in [3.05, 3.63) is 23.2 Å². The molecule has 4 nitrogen and oxygen atoms in total. The minimum absolute atomic E-state index is 0.0999. The first-order valence-corrected chi connectivity index (χ1v) is 4.54. The van der Waals surface area contributed by atoms with Gasteiger partial charge in [-0.05, 0) is 12.1 Å². The molecule has 0 amide bonds. The number of hydrogen-bond acceptors (Lipinski definition) is 4. The molecule has 0 spiro atoms. The van der Waals surface area contributed by atoms with Crippen LogP contribution in [-0.4, -0.2) is 11.9 Å². The molecule has 0 heterocycles. The van der Waals surface area contributed by atoms with Crippen LogP contribution < -0.4 is 9.47 Å². The van der Waals surface area contributed by atoms with Gasteiger partial charge >= 0.3 is 11.9 Å². The Bertz CT molecular complexity index is 366. The number of carbonyl (C=O) groups excluding carboxylic acids is 2. The van der Waals surface area contributed by atoms with E-state index in [-0.39, 0.29) is 16.5 Å². The van der Waals surface area contributed by atoms with Gasteiger partial charge in [0.15, 0.2) is 11.5 Å². The van der Waals surface area contributed by atoms with Crippen LogP contribution in [0.1, 0.15) is 13.8 Å². The summed E-state index contributed by atoms with van der Waals surface area (Å²) in [7, 11) is 0. The summed E-state index contributed by atoms with van der Waals surface area (Å²) < 4.78 is 9.61. The van der Waals surface area contributed by atoms with Gasteiger partial charge in [0.25, 0.3) is 0 Å². The number of esters is 2.